The number of fused-ring (bicyclic) bond motifs is 1. The third kappa shape index (κ3) is 3.91. The summed E-state index contributed by atoms with van der Waals surface area (Å²) in [6.07, 6.45) is 1.26. The van der Waals surface area contributed by atoms with Gasteiger partial charge in [-0.25, -0.2) is 0 Å². The van der Waals surface area contributed by atoms with Gasteiger partial charge in [-0.3, -0.25) is 18.9 Å². The van der Waals surface area contributed by atoms with Crippen molar-refractivity contribution in [3.8, 4) is 11.5 Å². The van der Waals surface area contributed by atoms with E-state index in [1.54, 1.807) is 26.1 Å². The lowest BCUT2D eigenvalue weighted by Crippen LogP contribution is -2.19. The normalized spacial score (nSPS) is 15.1. The second-order valence-corrected chi connectivity index (χ2v) is 12.7. The molecule has 0 amide bonds. The summed E-state index contributed by atoms with van der Waals surface area (Å²) in [6.45, 7) is 1.95. The van der Waals surface area contributed by atoms with E-state index in [0.29, 0.717) is 43.8 Å². The summed E-state index contributed by atoms with van der Waals surface area (Å²) < 4.78 is 39.1. The average Bonchev–Trinajstić information content (AvgIpc) is 3.09. The molecule has 11 nitrogen and oxygen atoms in total. The fourth-order valence-corrected chi connectivity index (χ4v) is 7.65. The zero-order chi connectivity index (χ0) is 32.0. The van der Waals surface area contributed by atoms with Crippen LogP contribution in [0.5, 0.6) is 11.5 Å². The minimum absolute atomic E-state index is 0.0585. The molecule has 0 bridgehead atoms. The number of carbonyl (C=O) groups excluding carboxylic acids is 1. The van der Waals surface area contributed by atoms with Gasteiger partial charge < -0.3 is 25.4 Å². The van der Waals surface area contributed by atoms with Crippen LogP contribution in [0.2, 0.25) is 0 Å². The molecule has 6 rings (SSSR count). The van der Waals surface area contributed by atoms with Gasteiger partial charge in [-0.05, 0) is 70.6 Å². The predicted molar refractivity (Wildman–Crippen MR) is 168 cm³/mol. The number of nitrogens with one attached hydrogen (secondary N) is 1. The van der Waals surface area contributed by atoms with E-state index >= 15 is 0 Å². The van der Waals surface area contributed by atoms with E-state index < -0.39 is 51.6 Å². The van der Waals surface area contributed by atoms with Gasteiger partial charge in [0.2, 0.25) is 0 Å². The molecular weight excluding hydrogens is 590 g/mol. The zero-order valence-corrected chi connectivity index (χ0v) is 25.1. The van der Waals surface area contributed by atoms with Crippen molar-refractivity contribution in [3.63, 3.8) is 0 Å². The molecule has 0 saturated heterocycles. The fourth-order valence-electron chi connectivity index (χ4n) is 7.19. The van der Waals surface area contributed by atoms with Crippen LogP contribution in [0.1, 0.15) is 47.6 Å². The minimum Gasteiger partial charge on any atom is -0.504 e. The van der Waals surface area contributed by atoms with E-state index in [1.165, 1.54) is 20.1 Å². The van der Waals surface area contributed by atoms with E-state index in [9.17, 15) is 42.7 Å². The first-order valence-corrected chi connectivity index (χ1v) is 15.4. The molecule has 12 heteroatoms. The third-order valence-electron chi connectivity index (χ3n) is 8.79. The van der Waals surface area contributed by atoms with Gasteiger partial charge in [0.25, 0.3) is 10.1 Å². The molecule has 1 unspecified atom stereocenters. The van der Waals surface area contributed by atoms with Crippen molar-refractivity contribution in [2.45, 2.75) is 39.4 Å². The van der Waals surface area contributed by atoms with Crippen molar-refractivity contribution in [3.05, 3.63) is 66.0 Å². The number of Topliss-reactive ketones (excluding diaryl/α,β-unsaturated/α-hetero) is 1. The number of allylic oxidation sites excluding steroid dienone is 1. The summed E-state index contributed by atoms with van der Waals surface area (Å²) in [5.41, 5.74) is 0.784. The van der Waals surface area contributed by atoms with Crippen molar-refractivity contribution < 1.29 is 37.8 Å². The highest BCUT2D eigenvalue weighted by atomic mass is 32.2. The Morgan fingerprint density at radius 3 is 2.11 bits per heavy atom. The van der Waals surface area contributed by atoms with Crippen molar-refractivity contribution in [2.24, 2.45) is 0 Å². The van der Waals surface area contributed by atoms with Crippen molar-refractivity contribution in [1.82, 2.24) is 0 Å². The highest BCUT2D eigenvalue weighted by Crippen LogP contribution is 2.55. The lowest BCUT2D eigenvalue weighted by molar-refractivity contribution is -0.117. The van der Waals surface area contributed by atoms with Crippen LogP contribution in [-0.4, -0.2) is 54.0 Å². The fraction of sp³-hybridized carbons (Fsp3) is 0.281. The van der Waals surface area contributed by atoms with Crippen molar-refractivity contribution >= 4 is 70.8 Å². The largest absolute Gasteiger partial charge is 0.504 e. The number of methoxy groups -OCH3 is 1. The predicted octanol–water partition coefficient (Wildman–Crippen LogP) is 3.16. The number of rotatable bonds is 8. The van der Waals surface area contributed by atoms with Gasteiger partial charge in [-0.2, -0.15) is 8.42 Å². The maximum atomic E-state index is 14.4. The Bertz CT molecular complexity index is 2340. The Labute approximate surface area is 250 Å². The number of benzene rings is 5. The molecule has 5 aromatic carbocycles. The number of phenols is 1. The maximum absolute atomic E-state index is 14.4. The number of carbonyl (C=O) groups is 1. The first kappa shape index (κ1) is 29.7. The molecule has 0 aliphatic heterocycles. The van der Waals surface area contributed by atoms with Gasteiger partial charge in [0.15, 0.2) is 22.4 Å². The molecule has 1 aliphatic rings. The number of hydrogen-bond acceptors (Lipinski definition) is 10. The molecular formula is C32H29NO10S. The number of hydrogen-bond donors (Lipinski definition) is 5. The van der Waals surface area contributed by atoms with Gasteiger partial charge in [-0.15, -0.1) is 0 Å². The highest BCUT2D eigenvalue weighted by Gasteiger charge is 2.36. The molecule has 0 saturated carbocycles. The molecule has 0 radical (unpaired) electrons. The van der Waals surface area contributed by atoms with Crippen molar-refractivity contribution in [2.75, 3.05) is 25.2 Å². The first-order chi connectivity index (χ1) is 20.8. The van der Waals surface area contributed by atoms with Crippen molar-refractivity contribution in [1.29, 1.82) is 0 Å². The Kier molecular flexibility index (Phi) is 6.81. The second kappa shape index (κ2) is 10.1. The number of aliphatic hydroxyl groups excluding tert-OH is 2. The third-order valence-corrected chi connectivity index (χ3v) is 9.51. The average molecular weight is 620 g/mol. The minimum atomic E-state index is -4.49. The summed E-state index contributed by atoms with van der Waals surface area (Å²) in [7, 11) is -1.61. The molecule has 0 heterocycles. The van der Waals surface area contributed by atoms with Crippen LogP contribution >= 0.6 is 0 Å². The molecule has 1 aliphatic carbocycles. The Morgan fingerprint density at radius 1 is 0.955 bits per heavy atom. The van der Waals surface area contributed by atoms with Crippen LogP contribution in [0.25, 0.3) is 49.2 Å². The van der Waals surface area contributed by atoms with Crippen LogP contribution in [0.3, 0.4) is 0 Å². The van der Waals surface area contributed by atoms with Gasteiger partial charge in [0, 0.05) is 34.6 Å². The maximum Gasteiger partial charge on any atom is 0.265 e. The monoisotopic (exact) mass is 619 g/mol. The topological polar surface area (TPSA) is 188 Å². The van der Waals surface area contributed by atoms with Crippen LogP contribution in [0, 0.1) is 0 Å². The zero-order valence-electron chi connectivity index (χ0n) is 24.3. The van der Waals surface area contributed by atoms with E-state index in [4.69, 9.17) is 4.74 Å². The Hall–Kier alpha value is -4.36. The Balaban J connectivity index is 2.13. The van der Waals surface area contributed by atoms with Crippen LogP contribution < -0.4 is 20.9 Å². The summed E-state index contributed by atoms with van der Waals surface area (Å²) in [6, 6.07) is 2.76. The summed E-state index contributed by atoms with van der Waals surface area (Å²) in [5.74, 6) is -2.69. The molecule has 5 N–H and O–H groups in total. The van der Waals surface area contributed by atoms with Gasteiger partial charge in [0.1, 0.15) is 5.78 Å². The summed E-state index contributed by atoms with van der Waals surface area (Å²) >= 11 is 0. The first-order valence-electron chi connectivity index (χ1n) is 13.8. The number of ketones is 1. The van der Waals surface area contributed by atoms with E-state index in [1.807, 2.05) is 0 Å². The van der Waals surface area contributed by atoms with E-state index in [-0.39, 0.29) is 56.4 Å². The SMILES string of the molecule is CNc1cc(CO)c2c3c(CO)cc(=O)c4c(O)c(OC)c5c(c6c(c(CCS(=O)(=O)O)c(=O)c1c26)C=C(C)C5C(C)=O)c43. The molecule has 228 valence electrons. The molecule has 0 spiro atoms. The summed E-state index contributed by atoms with van der Waals surface area (Å²) in [4.78, 5) is 41.4. The van der Waals surface area contributed by atoms with Crippen LogP contribution in [0.15, 0.2) is 27.3 Å². The molecule has 5 aromatic rings. The number of aromatic hydroxyl groups is 1. The van der Waals surface area contributed by atoms with Gasteiger partial charge >= 0.3 is 0 Å². The quantitative estimate of drug-likeness (QED) is 0.0975. The number of aliphatic hydroxyl groups is 2. The van der Waals surface area contributed by atoms with E-state index in [2.05, 4.69) is 5.32 Å². The number of ether oxygens (including phenoxy) is 1. The lowest BCUT2D eigenvalue weighted by atomic mass is 9.79. The highest BCUT2D eigenvalue weighted by molar-refractivity contribution is 7.85. The number of phenolic OH excluding ortho intramolecular Hbond substituents is 1. The number of anilines is 1. The van der Waals surface area contributed by atoms with Crippen LogP contribution in [-0.2, 0) is 34.5 Å². The van der Waals surface area contributed by atoms with Gasteiger partial charge in [0.05, 0.1) is 42.8 Å². The van der Waals surface area contributed by atoms with Crippen LogP contribution in [0.4, 0.5) is 5.69 Å². The van der Waals surface area contributed by atoms with E-state index in [0.717, 1.165) is 0 Å². The molecule has 0 fully saturated rings. The van der Waals surface area contributed by atoms with Gasteiger partial charge in [-0.1, -0.05) is 11.6 Å². The molecule has 44 heavy (non-hydrogen) atoms. The standard InChI is InChI=1S/C32H29NO10S/c1-12-7-17-16(5-6-44(40,41)42)30(38)24-18(33-3)8-14(10-34)21-22-15(11-35)9-19(37)25-27(22)28(23(17)26(21)24)29(20(12)13(2)36)32(43-4)31(25)39/h7-9,20,33-35,39H,5-6,10-11H2,1-4H3,(H,40,41,42). The lowest BCUT2D eigenvalue weighted by Gasteiger charge is -2.26. The molecule has 0 aromatic heterocycles. The molecule has 1 atom stereocenters. The Morgan fingerprint density at radius 2 is 1.57 bits per heavy atom. The summed E-state index contributed by atoms with van der Waals surface area (Å²) in [5, 5.41) is 37.7. The second-order valence-electron chi connectivity index (χ2n) is 11.2. The smallest absolute Gasteiger partial charge is 0.265 e.